The van der Waals surface area contributed by atoms with E-state index in [0.717, 1.165) is 17.7 Å². The topological polar surface area (TPSA) is 21.6 Å². The third kappa shape index (κ3) is 3.95. The molecule has 0 aliphatic rings. The molecule has 0 aliphatic carbocycles. The molecule has 0 heterocycles. The highest BCUT2D eigenvalue weighted by Gasteiger charge is 2.06. The highest BCUT2D eigenvalue weighted by molar-refractivity contribution is 6.32. The van der Waals surface area contributed by atoms with Crippen LogP contribution in [0, 0.1) is 0 Å². The fourth-order valence-corrected chi connectivity index (χ4v) is 2.63. The average molecular weight is 338 g/mol. The van der Waals surface area contributed by atoms with Gasteiger partial charge in [0.15, 0.2) is 0 Å². The van der Waals surface area contributed by atoms with Crippen molar-refractivity contribution in [1.29, 1.82) is 0 Å². The van der Waals surface area contributed by atoms with Crippen molar-refractivity contribution in [2.24, 2.45) is 4.99 Å². The Labute approximate surface area is 147 Å². The Morgan fingerprint density at radius 2 is 1.83 bits per heavy atom. The molecule has 24 heavy (non-hydrogen) atoms. The highest BCUT2D eigenvalue weighted by Crippen LogP contribution is 2.27. The van der Waals surface area contributed by atoms with Crippen molar-refractivity contribution < 1.29 is 4.74 Å². The predicted molar refractivity (Wildman–Crippen MR) is 103 cm³/mol. The van der Waals surface area contributed by atoms with Gasteiger partial charge < -0.3 is 4.74 Å². The van der Waals surface area contributed by atoms with Gasteiger partial charge in [0.05, 0.1) is 16.8 Å². The van der Waals surface area contributed by atoms with Gasteiger partial charge in [0.2, 0.25) is 0 Å². The number of halogens is 1. The molecule has 0 radical (unpaired) electrons. The van der Waals surface area contributed by atoms with Crippen LogP contribution in [-0.2, 0) is 0 Å². The second-order valence-corrected chi connectivity index (χ2v) is 6.22. The molecular formula is C21H20ClNO. The van der Waals surface area contributed by atoms with Crippen LogP contribution in [-0.4, -0.2) is 12.3 Å². The molecule has 3 heteroatoms. The Bertz CT molecular complexity index is 873. The van der Waals surface area contributed by atoms with Gasteiger partial charge in [-0.05, 0) is 60.0 Å². The van der Waals surface area contributed by atoms with Gasteiger partial charge in [-0.15, -0.1) is 0 Å². The van der Waals surface area contributed by atoms with E-state index in [1.807, 2.05) is 49.5 Å². The summed E-state index contributed by atoms with van der Waals surface area (Å²) in [5.74, 6) is 0.717. The van der Waals surface area contributed by atoms with E-state index in [0.29, 0.717) is 10.8 Å². The summed E-state index contributed by atoms with van der Waals surface area (Å²) in [7, 11) is 0. The van der Waals surface area contributed by atoms with E-state index in [2.05, 4.69) is 36.2 Å². The number of fused-ring (bicyclic) bond motifs is 1. The van der Waals surface area contributed by atoms with E-state index in [1.54, 1.807) is 0 Å². The standard InChI is InChI=1S/C21H20ClNO/c1-3-15(2)24-21-11-8-16(12-20(21)22)14-23-19-10-9-17-6-4-5-7-18(17)13-19/h4-15H,3H2,1-2H3/t15-/m1/s1. The van der Waals surface area contributed by atoms with Gasteiger partial charge in [0.25, 0.3) is 0 Å². The molecule has 2 nitrogen and oxygen atoms in total. The third-order valence-electron chi connectivity index (χ3n) is 3.95. The second-order valence-electron chi connectivity index (χ2n) is 5.82. The van der Waals surface area contributed by atoms with Crippen molar-refractivity contribution >= 4 is 34.3 Å². The first-order valence-electron chi connectivity index (χ1n) is 8.15. The van der Waals surface area contributed by atoms with Crippen molar-refractivity contribution in [2.75, 3.05) is 0 Å². The zero-order valence-corrected chi connectivity index (χ0v) is 14.6. The zero-order chi connectivity index (χ0) is 16.9. The van der Waals surface area contributed by atoms with Crippen molar-refractivity contribution in [3.8, 4) is 5.75 Å². The SMILES string of the molecule is CC[C@@H](C)Oc1ccc(C=Nc2ccc3ccccc3c2)cc1Cl. The summed E-state index contributed by atoms with van der Waals surface area (Å²) in [5.41, 5.74) is 1.87. The first-order valence-corrected chi connectivity index (χ1v) is 8.52. The molecule has 1 atom stereocenters. The van der Waals surface area contributed by atoms with E-state index in [1.165, 1.54) is 10.8 Å². The fraction of sp³-hybridized carbons (Fsp3) is 0.190. The number of hydrogen-bond acceptors (Lipinski definition) is 2. The number of rotatable bonds is 5. The van der Waals surface area contributed by atoms with Crippen molar-refractivity contribution in [1.82, 2.24) is 0 Å². The number of benzene rings is 3. The summed E-state index contributed by atoms with van der Waals surface area (Å²) in [6.45, 7) is 4.12. The first kappa shape index (κ1) is 16.5. The van der Waals surface area contributed by atoms with Crippen LogP contribution in [0.2, 0.25) is 5.02 Å². The summed E-state index contributed by atoms with van der Waals surface area (Å²) >= 11 is 6.30. The van der Waals surface area contributed by atoms with Crippen LogP contribution in [0.5, 0.6) is 5.75 Å². The Balaban J connectivity index is 1.79. The molecular weight excluding hydrogens is 318 g/mol. The first-order chi connectivity index (χ1) is 11.7. The highest BCUT2D eigenvalue weighted by atomic mass is 35.5. The van der Waals surface area contributed by atoms with Crippen LogP contribution in [0.3, 0.4) is 0 Å². The molecule has 0 aliphatic heterocycles. The fourth-order valence-electron chi connectivity index (χ4n) is 2.40. The van der Waals surface area contributed by atoms with Crippen LogP contribution in [0.15, 0.2) is 65.7 Å². The number of hydrogen-bond donors (Lipinski definition) is 0. The maximum absolute atomic E-state index is 6.30. The van der Waals surface area contributed by atoms with Crippen molar-refractivity contribution in [3.63, 3.8) is 0 Å². The Morgan fingerprint density at radius 1 is 1.04 bits per heavy atom. The Morgan fingerprint density at radius 3 is 2.58 bits per heavy atom. The molecule has 0 N–H and O–H groups in total. The molecule has 0 unspecified atom stereocenters. The van der Waals surface area contributed by atoms with Gasteiger partial charge >= 0.3 is 0 Å². The molecule has 3 rings (SSSR count). The zero-order valence-electron chi connectivity index (χ0n) is 13.9. The molecule has 0 amide bonds. The molecule has 0 bridgehead atoms. The maximum atomic E-state index is 6.30. The van der Waals surface area contributed by atoms with E-state index in [4.69, 9.17) is 16.3 Å². The van der Waals surface area contributed by atoms with Crippen molar-refractivity contribution in [2.45, 2.75) is 26.4 Å². The van der Waals surface area contributed by atoms with Gasteiger partial charge in [0.1, 0.15) is 5.75 Å². The van der Waals surface area contributed by atoms with E-state index in [-0.39, 0.29) is 6.10 Å². The lowest BCUT2D eigenvalue weighted by molar-refractivity contribution is 0.217. The molecule has 0 fully saturated rings. The minimum atomic E-state index is 0.152. The minimum absolute atomic E-state index is 0.152. The normalized spacial score (nSPS) is 12.6. The van der Waals surface area contributed by atoms with E-state index < -0.39 is 0 Å². The lowest BCUT2D eigenvalue weighted by Crippen LogP contribution is -2.09. The van der Waals surface area contributed by atoms with E-state index >= 15 is 0 Å². The summed E-state index contributed by atoms with van der Waals surface area (Å²) in [6.07, 6.45) is 2.92. The monoisotopic (exact) mass is 337 g/mol. The van der Waals surface area contributed by atoms with Gasteiger partial charge in [-0.2, -0.15) is 0 Å². The largest absolute Gasteiger partial charge is 0.489 e. The summed E-state index contributed by atoms with van der Waals surface area (Å²) in [5, 5.41) is 3.01. The lowest BCUT2D eigenvalue weighted by atomic mass is 10.1. The second kappa shape index (κ2) is 7.50. The molecule has 0 aromatic heterocycles. The summed E-state index contributed by atoms with van der Waals surface area (Å²) in [6, 6.07) is 20.2. The summed E-state index contributed by atoms with van der Waals surface area (Å²) < 4.78 is 5.78. The maximum Gasteiger partial charge on any atom is 0.138 e. The van der Waals surface area contributed by atoms with Gasteiger partial charge in [-0.25, -0.2) is 0 Å². The minimum Gasteiger partial charge on any atom is -0.489 e. The predicted octanol–water partition coefficient (Wildman–Crippen LogP) is 6.42. The lowest BCUT2D eigenvalue weighted by Gasteiger charge is -2.13. The smallest absolute Gasteiger partial charge is 0.138 e. The van der Waals surface area contributed by atoms with Crippen LogP contribution in [0.1, 0.15) is 25.8 Å². The molecule has 0 saturated carbocycles. The van der Waals surface area contributed by atoms with Crippen LogP contribution in [0.4, 0.5) is 5.69 Å². The quantitative estimate of drug-likeness (QED) is 0.492. The van der Waals surface area contributed by atoms with Crippen LogP contribution in [0.25, 0.3) is 10.8 Å². The average Bonchev–Trinajstić information content (AvgIpc) is 2.61. The number of nitrogens with zero attached hydrogens (tertiary/aromatic N) is 1. The van der Waals surface area contributed by atoms with Crippen LogP contribution < -0.4 is 4.74 Å². The number of aliphatic imine (C=N–C) groups is 1. The van der Waals surface area contributed by atoms with Gasteiger partial charge in [-0.1, -0.05) is 48.9 Å². The summed E-state index contributed by atoms with van der Waals surface area (Å²) in [4.78, 5) is 4.55. The van der Waals surface area contributed by atoms with E-state index in [9.17, 15) is 0 Å². The van der Waals surface area contributed by atoms with Gasteiger partial charge in [-0.3, -0.25) is 4.99 Å². The molecule has 3 aromatic rings. The third-order valence-corrected chi connectivity index (χ3v) is 4.25. The molecule has 0 saturated heterocycles. The molecule has 0 spiro atoms. The van der Waals surface area contributed by atoms with Gasteiger partial charge in [0, 0.05) is 6.21 Å². The Kier molecular flexibility index (Phi) is 5.17. The number of ether oxygens (including phenoxy) is 1. The van der Waals surface area contributed by atoms with Crippen molar-refractivity contribution in [3.05, 3.63) is 71.2 Å². The molecule has 3 aromatic carbocycles. The van der Waals surface area contributed by atoms with Crippen LogP contribution >= 0.6 is 11.6 Å². The Hall–Kier alpha value is -2.32. The molecule has 122 valence electrons.